The number of nitriles is 1. The normalized spacial score (nSPS) is 12.3. The standard InChI is InChI=1S/C15H25N/c1-6-7-8-15(9-10-16,11-13(2)3)12-14(4)5/h6-8,13-14H,1,9,11-12H2,2-5H3/b8-7+. The number of hydrogen-bond donors (Lipinski definition) is 0. The van der Waals surface area contributed by atoms with Gasteiger partial charge in [-0.2, -0.15) is 5.26 Å². The first-order valence-electron chi connectivity index (χ1n) is 6.13. The molecule has 0 spiro atoms. The van der Waals surface area contributed by atoms with Gasteiger partial charge < -0.3 is 0 Å². The molecule has 0 fully saturated rings. The molecule has 0 N–H and O–H groups in total. The molecule has 0 bridgehead atoms. The molecule has 90 valence electrons. The van der Waals surface area contributed by atoms with Crippen molar-refractivity contribution in [2.24, 2.45) is 17.3 Å². The first-order chi connectivity index (χ1) is 7.45. The monoisotopic (exact) mass is 219 g/mol. The van der Waals surface area contributed by atoms with Crippen molar-refractivity contribution in [1.82, 2.24) is 0 Å². The summed E-state index contributed by atoms with van der Waals surface area (Å²) in [5, 5.41) is 9.02. The number of allylic oxidation sites excluding steroid dienone is 3. The van der Waals surface area contributed by atoms with Crippen molar-refractivity contribution in [3.05, 3.63) is 24.8 Å². The van der Waals surface area contributed by atoms with Crippen LogP contribution in [-0.4, -0.2) is 0 Å². The van der Waals surface area contributed by atoms with Gasteiger partial charge in [0.05, 0.1) is 6.07 Å². The van der Waals surface area contributed by atoms with Crippen LogP contribution in [0.3, 0.4) is 0 Å². The lowest BCUT2D eigenvalue weighted by Crippen LogP contribution is -2.22. The summed E-state index contributed by atoms with van der Waals surface area (Å²) in [6.45, 7) is 12.6. The van der Waals surface area contributed by atoms with E-state index in [1.54, 1.807) is 6.08 Å². The predicted octanol–water partition coefficient (Wildman–Crippen LogP) is 4.72. The maximum Gasteiger partial charge on any atom is 0.0630 e. The molecule has 0 aromatic heterocycles. The summed E-state index contributed by atoms with van der Waals surface area (Å²) in [5.41, 5.74) is 0.0330. The highest BCUT2D eigenvalue weighted by atomic mass is 14.3. The molecular formula is C15H25N. The average molecular weight is 219 g/mol. The van der Waals surface area contributed by atoms with Crippen LogP contribution in [0.25, 0.3) is 0 Å². The van der Waals surface area contributed by atoms with Gasteiger partial charge in [0.15, 0.2) is 0 Å². The van der Waals surface area contributed by atoms with Gasteiger partial charge in [0.2, 0.25) is 0 Å². The molecule has 0 atom stereocenters. The van der Waals surface area contributed by atoms with Crippen molar-refractivity contribution < 1.29 is 0 Å². The molecule has 16 heavy (non-hydrogen) atoms. The van der Waals surface area contributed by atoms with Gasteiger partial charge in [-0.25, -0.2) is 0 Å². The van der Waals surface area contributed by atoms with E-state index in [0.29, 0.717) is 18.3 Å². The Hall–Kier alpha value is -1.03. The molecule has 0 heterocycles. The van der Waals surface area contributed by atoms with Crippen LogP contribution in [-0.2, 0) is 0 Å². The molecule has 0 saturated heterocycles. The summed E-state index contributed by atoms with van der Waals surface area (Å²) in [6.07, 6.45) is 8.72. The van der Waals surface area contributed by atoms with Gasteiger partial charge in [0.1, 0.15) is 0 Å². The van der Waals surface area contributed by atoms with Crippen molar-refractivity contribution in [2.75, 3.05) is 0 Å². The molecule has 0 saturated carbocycles. The summed E-state index contributed by atoms with van der Waals surface area (Å²) < 4.78 is 0. The minimum Gasteiger partial charge on any atom is -0.198 e. The van der Waals surface area contributed by atoms with Gasteiger partial charge >= 0.3 is 0 Å². The van der Waals surface area contributed by atoms with Gasteiger partial charge in [0, 0.05) is 11.8 Å². The van der Waals surface area contributed by atoms with Crippen LogP contribution in [0.1, 0.15) is 47.0 Å². The number of nitrogens with zero attached hydrogens (tertiary/aromatic N) is 1. The third-order valence-electron chi connectivity index (χ3n) is 2.65. The summed E-state index contributed by atoms with van der Waals surface area (Å²) >= 11 is 0. The van der Waals surface area contributed by atoms with Crippen LogP contribution in [0.15, 0.2) is 24.8 Å². The highest BCUT2D eigenvalue weighted by molar-refractivity contribution is 5.09. The SMILES string of the molecule is C=C/C=C/C(CC#N)(CC(C)C)CC(C)C. The number of hydrogen-bond acceptors (Lipinski definition) is 1. The van der Waals surface area contributed by atoms with E-state index >= 15 is 0 Å². The zero-order chi connectivity index (χ0) is 12.6. The van der Waals surface area contributed by atoms with Crippen LogP contribution >= 0.6 is 0 Å². The molecule has 0 rings (SSSR count). The Balaban J connectivity index is 4.95. The van der Waals surface area contributed by atoms with Gasteiger partial charge in [-0.05, 0) is 24.7 Å². The van der Waals surface area contributed by atoms with Crippen LogP contribution in [0, 0.1) is 28.6 Å². The van der Waals surface area contributed by atoms with E-state index in [1.165, 1.54) is 0 Å². The van der Waals surface area contributed by atoms with Gasteiger partial charge in [-0.1, -0.05) is 52.5 Å². The third kappa shape index (κ3) is 5.75. The van der Waals surface area contributed by atoms with Crippen molar-refractivity contribution in [2.45, 2.75) is 47.0 Å². The fourth-order valence-corrected chi connectivity index (χ4v) is 2.48. The Morgan fingerprint density at radius 3 is 2.00 bits per heavy atom. The number of rotatable bonds is 7. The van der Waals surface area contributed by atoms with Crippen molar-refractivity contribution in [1.29, 1.82) is 5.26 Å². The lowest BCUT2D eigenvalue weighted by atomic mass is 9.72. The zero-order valence-corrected chi connectivity index (χ0v) is 11.2. The molecule has 0 unspecified atom stereocenters. The molecule has 1 nitrogen and oxygen atoms in total. The molecule has 0 aromatic carbocycles. The average Bonchev–Trinajstić information content (AvgIpc) is 2.13. The maximum atomic E-state index is 9.02. The smallest absolute Gasteiger partial charge is 0.0630 e. The van der Waals surface area contributed by atoms with Crippen LogP contribution in [0.4, 0.5) is 0 Å². The lowest BCUT2D eigenvalue weighted by molar-refractivity contribution is 0.251. The second-order valence-corrected chi connectivity index (χ2v) is 5.49. The molecule has 0 radical (unpaired) electrons. The van der Waals surface area contributed by atoms with Crippen molar-refractivity contribution >= 4 is 0 Å². The van der Waals surface area contributed by atoms with E-state index in [4.69, 9.17) is 5.26 Å². The Morgan fingerprint density at radius 2 is 1.69 bits per heavy atom. The summed E-state index contributed by atoms with van der Waals surface area (Å²) in [6, 6.07) is 2.34. The van der Waals surface area contributed by atoms with E-state index in [1.807, 2.05) is 6.08 Å². The zero-order valence-electron chi connectivity index (χ0n) is 11.2. The fourth-order valence-electron chi connectivity index (χ4n) is 2.48. The van der Waals surface area contributed by atoms with Crippen LogP contribution in [0.2, 0.25) is 0 Å². The van der Waals surface area contributed by atoms with Crippen LogP contribution < -0.4 is 0 Å². The Bertz CT molecular complexity index is 256. The van der Waals surface area contributed by atoms with Gasteiger partial charge in [0.25, 0.3) is 0 Å². The van der Waals surface area contributed by atoms with Crippen molar-refractivity contribution in [3.63, 3.8) is 0 Å². The second-order valence-electron chi connectivity index (χ2n) is 5.49. The molecule has 0 aromatic rings. The van der Waals surface area contributed by atoms with E-state index in [9.17, 15) is 0 Å². The first kappa shape index (κ1) is 15.0. The third-order valence-corrected chi connectivity index (χ3v) is 2.65. The fraction of sp³-hybridized carbons (Fsp3) is 0.667. The molecular weight excluding hydrogens is 194 g/mol. The summed E-state index contributed by atoms with van der Waals surface area (Å²) in [5.74, 6) is 1.23. The molecule has 0 aliphatic carbocycles. The molecule has 0 aliphatic heterocycles. The predicted molar refractivity (Wildman–Crippen MR) is 70.9 cm³/mol. The van der Waals surface area contributed by atoms with E-state index < -0.39 is 0 Å². The Morgan fingerprint density at radius 1 is 1.19 bits per heavy atom. The van der Waals surface area contributed by atoms with E-state index in [2.05, 4.69) is 46.4 Å². The topological polar surface area (TPSA) is 23.8 Å². The summed E-state index contributed by atoms with van der Waals surface area (Å²) in [4.78, 5) is 0. The Labute approximate surface area is 101 Å². The van der Waals surface area contributed by atoms with Crippen molar-refractivity contribution in [3.8, 4) is 6.07 Å². The quantitative estimate of drug-likeness (QED) is 0.568. The van der Waals surface area contributed by atoms with Gasteiger partial charge in [-0.3, -0.25) is 0 Å². The highest BCUT2D eigenvalue weighted by Gasteiger charge is 2.28. The molecule has 0 amide bonds. The Kier molecular flexibility index (Phi) is 6.81. The lowest BCUT2D eigenvalue weighted by Gasteiger charge is -2.32. The second kappa shape index (κ2) is 7.28. The largest absolute Gasteiger partial charge is 0.198 e. The maximum absolute atomic E-state index is 9.02. The minimum absolute atomic E-state index is 0.0330. The van der Waals surface area contributed by atoms with E-state index in [-0.39, 0.29) is 5.41 Å². The summed E-state index contributed by atoms with van der Waals surface area (Å²) in [7, 11) is 0. The molecule has 0 aliphatic rings. The van der Waals surface area contributed by atoms with Crippen LogP contribution in [0.5, 0.6) is 0 Å². The van der Waals surface area contributed by atoms with E-state index in [0.717, 1.165) is 12.8 Å². The molecule has 1 heteroatoms. The first-order valence-corrected chi connectivity index (χ1v) is 6.13. The van der Waals surface area contributed by atoms with Gasteiger partial charge in [-0.15, -0.1) is 0 Å². The highest BCUT2D eigenvalue weighted by Crippen LogP contribution is 2.38. The minimum atomic E-state index is 0.0330.